The van der Waals surface area contributed by atoms with Crippen LogP contribution in [0.25, 0.3) is 0 Å². The number of nitrogens with zero attached hydrogens (tertiary/aromatic N) is 3. The van der Waals surface area contributed by atoms with E-state index >= 15 is 0 Å². The largest absolute Gasteiger partial charge is 0.361 e. The van der Waals surface area contributed by atoms with Gasteiger partial charge >= 0.3 is 0 Å². The van der Waals surface area contributed by atoms with E-state index in [1.165, 1.54) is 0 Å². The lowest BCUT2D eigenvalue weighted by atomic mass is 10.2. The predicted octanol–water partition coefficient (Wildman–Crippen LogP) is 0.627. The van der Waals surface area contributed by atoms with Crippen LogP contribution in [0.4, 0.5) is 0 Å². The summed E-state index contributed by atoms with van der Waals surface area (Å²) in [6.45, 7) is 9.86. The molecule has 0 unspecified atom stereocenters. The van der Waals surface area contributed by atoms with E-state index in [0.29, 0.717) is 6.54 Å². The number of aromatic nitrogens is 1. The van der Waals surface area contributed by atoms with Crippen LogP contribution >= 0.6 is 0 Å². The molecule has 6 heteroatoms. The van der Waals surface area contributed by atoms with Crippen LogP contribution in [-0.2, 0) is 11.3 Å². The highest BCUT2D eigenvalue weighted by Gasteiger charge is 2.19. The third-order valence-electron chi connectivity index (χ3n) is 3.47. The number of hydrogen-bond donors (Lipinski definition) is 1. The molecule has 1 N–H and O–H groups in total. The second-order valence-corrected chi connectivity index (χ2v) is 5.33. The highest BCUT2D eigenvalue weighted by Crippen LogP contribution is 2.08. The van der Waals surface area contributed by atoms with Crippen molar-refractivity contribution in [1.82, 2.24) is 20.3 Å². The van der Waals surface area contributed by atoms with Crippen LogP contribution in [0.1, 0.15) is 24.8 Å². The van der Waals surface area contributed by atoms with E-state index in [2.05, 4.69) is 27.2 Å². The number of carbonyl (C=O) groups is 1. The van der Waals surface area contributed by atoms with E-state index in [-0.39, 0.29) is 5.91 Å². The number of rotatable bonds is 6. The Morgan fingerprint density at radius 2 is 2.05 bits per heavy atom. The minimum atomic E-state index is 0.132. The smallest absolute Gasteiger partial charge is 0.234 e. The van der Waals surface area contributed by atoms with E-state index < -0.39 is 0 Å². The molecule has 1 amide bonds. The maximum Gasteiger partial charge on any atom is 0.234 e. The first-order valence-electron chi connectivity index (χ1n) is 7.31. The second-order valence-electron chi connectivity index (χ2n) is 5.33. The van der Waals surface area contributed by atoms with Gasteiger partial charge in [-0.15, -0.1) is 0 Å². The lowest BCUT2D eigenvalue weighted by Gasteiger charge is -2.33. The molecule has 2 rings (SSSR count). The molecule has 0 aromatic carbocycles. The minimum Gasteiger partial charge on any atom is -0.361 e. The van der Waals surface area contributed by atoms with Gasteiger partial charge in [-0.25, -0.2) is 0 Å². The lowest BCUT2D eigenvalue weighted by molar-refractivity contribution is -0.122. The van der Waals surface area contributed by atoms with Gasteiger partial charge in [0, 0.05) is 45.3 Å². The highest BCUT2D eigenvalue weighted by molar-refractivity contribution is 5.77. The maximum atomic E-state index is 11.7. The molecule has 112 valence electrons. The standard InChI is InChI=1S/C14H24N4O2/c1-3-4-15-14(19)11-18-7-5-17(6-8-18)10-13-9-12(2)20-16-13/h9H,3-8,10-11H2,1-2H3,(H,15,19). The average molecular weight is 280 g/mol. The first kappa shape index (κ1) is 15.0. The molecule has 6 nitrogen and oxygen atoms in total. The number of hydrogen-bond acceptors (Lipinski definition) is 5. The van der Waals surface area contributed by atoms with Crippen LogP contribution in [0.2, 0.25) is 0 Å². The Morgan fingerprint density at radius 3 is 2.65 bits per heavy atom. The molecule has 0 radical (unpaired) electrons. The first-order valence-corrected chi connectivity index (χ1v) is 7.31. The van der Waals surface area contributed by atoms with Crippen LogP contribution in [-0.4, -0.2) is 60.1 Å². The molecule has 0 bridgehead atoms. The van der Waals surface area contributed by atoms with Crippen molar-refractivity contribution in [3.63, 3.8) is 0 Å². The number of nitrogens with one attached hydrogen (secondary N) is 1. The molecule has 0 atom stereocenters. The molecule has 0 aliphatic carbocycles. The van der Waals surface area contributed by atoms with Gasteiger partial charge in [0.1, 0.15) is 5.76 Å². The fraction of sp³-hybridized carbons (Fsp3) is 0.714. The van der Waals surface area contributed by atoms with Gasteiger partial charge in [0.05, 0.1) is 12.2 Å². The molecule has 0 spiro atoms. The Kier molecular flexibility index (Phi) is 5.55. The van der Waals surface area contributed by atoms with Gasteiger partial charge in [-0.2, -0.15) is 0 Å². The molecule has 1 aliphatic heterocycles. The Balaban J connectivity index is 1.68. The van der Waals surface area contributed by atoms with Crippen LogP contribution in [0, 0.1) is 6.92 Å². The number of amides is 1. The molecule has 1 aromatic heterocycles. The third kappa shape index (κ3) is 4.61. The van der Waals surface area contributed by atoms with E-state index in [4.69, 9.17) is 4.52 Å². The summed E-state index contributed by atoms with van der Waals surface area (Å²) < 4.78 is 5.08. The van der Waals surface area contributed by atoms with Crippen molar-refractivity contribution in [3.8, 4) is 0 Å². The fourth-order valence-corrected chi connectivity index (χ4v) is 2.35. The van der Waals surface area contributed by atoms with Crippen molar-refractivity contribution in [3.05, 3.63) is 17.5 Å². The molecule has 1 fully saturated rings. The third-order valence-corrected chi connectivity index (χ3v) is 3.47. The van der Waals surface area contributed by atoms with Gasteiger partial charge in [0.25, 0.3) is 0 Å². The van der Waals surface area contributed by atoms with E-state index in [0.717, 1.165) is 57.1 Å². The zero-order chi connectivity index (χ0) is 14.4. The van der Waals surface area contributed by atoms with Crippen LogP contribution in [0.3, 0.4) is 0 Å². The van der Waals surface area contributed by atoms with Gasteiger partial charge in [0.2, 0.25) is 5.91 Å². The Labute approximate surface area is 120 Å². The predicted molar refractivity (Wildman–Crippen MR) is 76.3 cm³/mol. The fourth-order valence-electron chi connectivity index (χ4n) is 2.35. The molecule has 1 saturated heterocycles. The van der Waals surface area contributed by atoms with Crippen molar-refractivity contribution in [2.24, 2.45) is 0 Å². The van der Waals surface area contributed by atoms with Gasteiger partial charge in [-0.1, -0.05) is 12.1 Å². The summed E-state index contributed by atoms with van der Waals surface area (Å²) in [4.78, 5) is 16.2. The van der Waals surface area contributed by atoms with Crippen molar-refractivity contribution >= 4 is 5.91 Å². The van der Waals surface area contributed by atoms with E-state index in [1.54, 1.807) is 0 Å². The highest BCUT2D eigenvalue weighted by atomic mass is 16.5. The zero-order valence-corrected chi connectivity index (χ0v) is 12.4. The van der Waals surface area contributed by atoms with E-state index in [1.807, 2.05) is 13.0 Å². The van der Waals surface area contributed by atoms with Crippen LogP contribution in [0.15, 0.2) is 10.6 Å². The van der Waals surface area contributed by atoms with Crippen molar-refractivity contribution in [2.75, 3.05) is 39.3 Å². The molecule has 1 aromatic rings. The summed E-state index contributed by atoms with van der Waals surface area (Å²) in [5.74, 6) is 0.985. The van der Waals surface area contributed by atoms with Gasteiger partial charge < -0.3 is 9.84 Å². The number of aryl methyl sites for hydroxylation is 1. The Morgan fingerprint density at radius 1 is 1.35 bits per heavy atom. The molecule has 20 heavy (non-hydrogen) atoms. The summed E-state index contributed by atoms with van der Waals surface area (Å²) >= 11 is 0. The van der Waals surface area contributed by atoms with E-state index in [9.17, 15) is 4.79 Å². The van der Waals surface area contributed by atoms with Crippen molar-refractivity contribution < 1.29 is 9.32 Å². The average Bonchev–Trinajstić information content (AvgIpc) is 2.84. The molecule has 1 aliphatic rings. The molecular formula is C14H24N4O2. The van der Waals surface area contributed by atoms with Gasteiger partial charge in [-0.3, -0.25) is 14.6 Å². The second kappa shape index (κ2) is 7.40. The summed E-state index contributed by atoms with van der Waals surface area (Å²) in [7, 11) is 0. The lowest BCUT2D eigenvalue weighted by Crippen LogP contribution is -2.49. The summed E-state index contributed by atoms with van der Waals surface area (Å²) in [6.07, 6.45) is 0.983. The number of carbonyl (C=O) groups excluding carboxylic acids is 1. The Hall–Kier alpha value is -1.40. The van der Waals surface area contributed by atoms with Crippen LogP contribution < -0.4 is 5.32 Å². The molecule has 2 heterocycles. The topological polar surface area (TPSA) is 61.6 Å². The summed E-state index contributed by atoms with van der Waals surface area (Å²) in [5.41, 5.74) is 0.983. The summed E-state index contributed by atoms with van der Waals surface area (Å²) in [5, 5.41) is 6.93. The van der Waals surface area contributed by atoms with Crippen molar-refractivity contribution in [1.29, 1.82) is 0 Å². The van der Waals surface area contributed by atoms with Gasteiger partial charge in [0.15, 0.2) is 0 Å². The summed E-state index contributed by atoms with van der Waals surface area (Å²) in [6, 6.07) is 1.98. The quantitative estimate of drug-likeness (QED) is 0.828. The maximum absolute atomic E-state index is 11.7. The first-order chi connectivity index (χ1) is 9.67. The monoisotopic (exact) mass is 280 g/mol. The van der Waals surface area contributed by atoms with Crippen LogP contribution in [0.5, 0.6) is 0 Å². The Bertz CT molecular complexity index is 425. The molecular weight excluding hydrogens is 256 g/mol. The molecule has 0 saturated carbocycles. The van der Waals surface area contributed by atoms with Crippen molar-refractivity contribution in [2.45, 2.75) is 26.8 Å². The number of piperazine rings is 1. The normalized spacial score (nSPS) is 17.3. The SMILES string of the molecule is CCCNC(=O)CN1CCN(Cc2cc(C)on2)CC1. The van der Waals surface area contributed by atoms with Gasteiger partial charge in [-0.05, 0) is 13.3 Å². The zero-order valence-electron chi connectivity index (χ0n) is 12.4. The minimum absolute atomic E-state index is 0.132.